The number of aromatic nitrogens is 1. The smallest absolute Gasteiger partial charge is 0.344 e. The summed E-state index contributed by atoms with van der Waals surface area (Å²) in [6.07, 6.45) is 1.84. The van der Waals surface area contributed by atoms with Gasteiger partial charge in [-0.3, -0.25) is 4.79 Å². The average molecular weight is 438 g/mol. The Kier molecular flexibility index (Phi) is 7.49. The fourth-order valence-electron chi connectivity index (χ4n) is 3.43. The molecule has 3 rings (SSSR count). The van der Waals surface area contributed by atoms with Crippen LogP contribution in [0.15, 0.2) is 54.7 Å². The molecular formula is C24H26N2O6. The van der Waals surface area contributed by atoms with Gasteiger partial charge in [-0.05, 0) is 43.2 Å². The molecule has 8 heteroatoms. The first kappa shape index (κ1) is 22.9. The predicted molar refractivity (Wildman–Crippen MR) is 118 cm³/mol. The molecule has 0 unspecified atom stereocenters. The number of carbonyl (C=O) groups is 3. The number of nitrogens with one attached hydrogen (secondary N) is 2. The summed E-state index contributed by atoms with van der Waals surface area (Å²) in [5, 5.41) is 3.11. The molecule has 1 aromatic heterocycles. The summed E-state index contributed by atoms with van der Waals surface area (Å²) in [7, 11) is 0. The van der Waals surface area contributed by atoms with E-state index in [9.17, 15) is 14.4 Å². The Morgan fingerprint density at radius 2 is 1.72 bits per heavy atom. The zero-order valence-corrected chi connectivity index (χ0v) is 18.1. The van der Waals surface area contributed by atoms with E-state index < -0.39 is 17.5 Å². The summed E-state index contributed by atoms with van der Waals surface area (Å²) in [6.45, 7) is 3.74. The van der Waals surface area contributed by atoms with Crippen LogP contribution in [0.25, 0.3) is 10.9 Å². The zero-order chi connectivity index (χ0) is 23.0. The van der Waals surface area contributed by atoms with Crippen molar-refractivity contribution in [1.29, 1.82) is 0 Å². The van der Waals surface area contributed by atoms with Crippen molar-refractivity contribution in [3.63, 3.8) is 0 Å². The number of amides is 1. The van der Waals surface area contributed by atoms with E-state index in [1.165, 1.54) is 0 Å². The number of esters is 2. The Morgan fingerprint density at radius 3 is 2.34 bits per heavy atom. The van der Waals surface area contributed by atoms with Crippen LogP contribution < -0.4 is 10.1 Å². The van der Waals surface area contributed by atoms with Crippen molar-refractivity contribution >= 4 is 29.3 Å². The molecule has 0 radical (unpaired) electrons. The molecule has 32 heavy (non-hydrogen) atoms. The quantitative estimate of drug-likeness (QED) is 0.271. The van der Waals surface area contributed by atoms with Crippen LogP contribution in [0.3, 0.4) is 0 Å². The van der Waals surface area contributed by atoms with Crippen LogP contribution in [0.4, 0.5) is 0 Å². The van der Waals surface area contributed by atoms with Gasteiger partial charge >= 0.3 is 11.9 Å². The topological polar surface area (TPSA) is 107 Å². The fourth-order valence-corrected chi connectivity index (χ4v) is 3.43. The minimum Gasteiger partial charge on any atom is -0.489 e. The van der Waals surface area contributed by atoms with Crippen molar-refractivity contribution in [2.75, 3.05) is 13.2 Å². The lowest BCUT2D eigenvalue weighted by atomic mass is 9.90. The molecule has 2 N–H and O–H groups in total. The molecule has 1 amide bonds. The van der Waals surface area contributed by atoms with Crippen LogP contribution >= 0.6 is 0 Å². The largest absolute Gasteiger partial charge is 0.489 e. The minimum atomic E-state index is -2.00. The Labute approximate surface area is 185 Å². The van der Waals surface area contributed by atoms with E-state index in [1.54, 1.807) is 20.0 Å². The van der Waals surface area contributed by atoms with Crippen molar-refractivity contribution < 1.29 is 28.6 Å². The van der Waals surface area contributed by atoms with Gasteiger partial charge in [0.25, 0.3) is 0 Å². The highest BCUT2D eigenvalue weighted by atomic mass is 16.6. The molecule has 0 atom stereocenters. The van der Waals surface area contributed by atoms with Crippen molar-refractivity contribution in [3.05, 3.63) is 65.9 Å². The molecule has 3 aromatic rings. The monoisotopic (exact) mass is 438 g/mol. The third-order valence-corrected chi connectivity index (χ3v) is 5.00. The second kappa shape index (κ2) is 10.5. The molecule has 0 saturated heterocycles. The number of rotatable bonds is 11. The van der Waals surface area contributed by atoms with E-state index in [1.807, 2.05) is 48.5 Å². The van der Waals surface area contributed by atoms with Gasteiger partial charge in [0.05, 0.1) is 13.2 Å². The van der Waals surface area contributed by atoms with Gasteiger partial charge in [-0.2, -0.15) is 0 Å². The van der Waals surface area contributed by atoms with Crippen LogP contribution in [-0.2, 0) is 36.9 Å². The molecule has 168 valence electrons. The molecule has 0 aliphatic rings. The van der Waals surface area contributed by atoms with E-state index in [4.69, 9.17) is 14.2 Å². The molecule has 1 heterocycles. The molecule has 0 bridgehead atoms. The van der Waals surface area contributed by atoms with E-state index in [-0.39, 0.29) is 19.6 Å². The van der Waals surface area contributed by atoms with Gasteiger partial charge in [0.2, 0.25) is 11.9 Å². The van der Waals surface area contributed by atoms with Gasteiger partial charge in [-0.15, -0.1) is 0 Å². The van der Waals surface area contributed by atoms with Crippen LogP contribution in [-0.4, -0.2) is 42.1 Å². The van der Waals surface area contributed by atoms with Crippen molar-refractivity contribution in [2.24, 2.45) is 0 Å². The Balaban J connectivity index is 1.93. The van der Waals surface area contributed by atoms with Gasteiger partial charge in [0.1, 0.15) is 12.4 Å². The summed E-state index contributed by atoms with van der Waals surface area (Å²) < 4.78 is 16.1. The third kappa shape index (κ3) is 4.91. The summed E-state index contributed by atoms with van der Waals surface area (Å²) >= 11 is 0. The summed E-state index contributed by atoms with van der Waals surface area (Å²) in [5.74, 6) is -1.13. The SMILES string of the molecule is CCOC(=O)C(Cc1c[nH]c2ccc(OCc3ccccc3)cc12)(NC=O)C(=O)OCC. The zero-order valence-electron chi connectivity index (χ0n) is 18.1. The average Bonchev–Trinajstić information content (AvgIpc) is 3.20. The number of aromatic amines is 1. The molecule has 8 nitrogen and oxygen atoms in total. The first-order valence-electron chi connectivity index (χ1n) is 10.4. The highest BCUT2D eigenvalue weighted by molar-refractivity contribution is 6.07. The van der Waals surface area contributed by atoms with Crippen molar-refractivity contribution in [2.45, 2.75) is 32.4 Å². The highest BCUT2D eigenvalue weighted by Crippen LogP contribution is 2.28. The molecule has 0 fully saturated rings. The molecule has 0 aliphatic carbocycles. The fraction of sp³-hybridized carbons (Fsp3) is 0.292. The molecule has 0 saturated carbocycles. The van der Waals surface area contributed by atoms with Gasteiger partial charge in [0, 0.05) is 23.5 Å². The van der Waals surface area contributed by atoms with Crippen molar-refractivity contribution in [1.82, 2.24) is 10.3 Å². The van der Waals surface area contributed by atoms with Gasteiger partial charge < -0.3 is 24.5 Å². The Hall–Kier alpha value is -3.81. The Bertz CT molecular complexity index is 1060. The lowest BCUT2D eigenvalue weighted by Gasteiger charge is -2.28. The summed E-state index contributed by atoms with van der Waals surface area (Å²) in [4.78, 5) is 40.0. The highest BCUT2D eigenvalue weighted by Gasteiger charge is 2.49. The molecule has 0 aliphatic heterocycles. The predicted octanol–water partition coefficient (Wildman–Crippen LogP) is 2.90. The molecular weight excluding hydrogens is 412 g/mol. The number of H-pyrrole nitrogens is 1. The number of hydrogen-bond acceptors (Lipinski definition) is 6. The number of carbonyl (C=O) groups excluding carboxylic acids is 3. The number of fused-ring (bicyclic) bond motifs is 1. The first-order valence-corrected chi connectivity index (χ1v) is 10.4. The second-order valence-corrected chi connectivity index (χ2v) is 7.08. The maximum Gasteiger partial charge on any atom is 0.344 e. The van der Waals surface area contributed by atoms with Crippen LogP contribution in [0.5, 0.6) is 5.75 Å². The summed E-state index contributed by atoms with van der Waals surface area (Å²) in [6, 6.07) is 15.3. The maximum atomic E-state index is 12.8. The normalized spacial score (nSPS) is 11.1. The van der Waals surface area contributed by atoms with E-state index in [0.29, 0.717) is 24.3 Å². The second-order valence-electron chi connectivity index (χ2n) is 7.08. The van der Waals surface area contributed by atoms with Gasteiger partial charge in [-0.25, -0.2) is 9.59 Å². The lowest BCUT2D eigenvalue weighted by molar-refractivity contribution is -0.167. The van der Waals surface area contributed by atoms with Crippen LogP contribution in [0.2, 0.25) is 0 Å². The van der Waals surface area contributed by atoms with E-state index in [2.05, 4.69) is 10.3 Å². The minimum absolute atomic E-state index is 0.0475. The standard InChI is InChI=1S/C24H26N2O6/c1-3-30-22(28)24(26-16-27,23(29)31-4-2)13-18-14-25-21-11-10-19(12-20(18)21)32-15-17-8-6-5-7-9-17/h5-12,14,16,25H,3-4,13,15H2,1-2H3,(H,26,27). The summed E-state index contributed by atoms with van der Waals surface area (Å²) in [5.41, 5.74) is 0.449. The lowest BCUT2D eigenvalue weighted by Crippen LogP contribution is -2.60. The van der Waals surface area contributed by atoms with Crippen LogP contribution in [0.1, 0.15) is 25.0 Å². The maximum absolute atomic E-state index is 12.8. The first-order chi connectivity index (χ1) is 15.5. The van der Waals surface area contributed by atoms with Gasteiger partial charge in [-0.1, -0.05) is 30.3 Å². The number of hydrogen-bond donors (Lipinski definition) is 2. The number of ether oxygens (including phenoxy) is 3. The Morgan fingerprint density at radius 1 is 1.03 bits per heavy atom. The third-order valence-electron chi connectivity index (χ3n) is 5.00. The molecule has 0 spiro atoms. The van der Waals surface area contributed by atoms with Crippen molar-refractivity contribution in [3.8, 4) is 5.75 Å². The molecule has 2 aromatic carbocycles. The van der Waals surface area contributed by atoms with E-state index in [0.717, 1.165) is 16.5 Å². The van der Waals surface area contributed by atoms with E-state index >= 15 is 0 Å². The van der Waals surface area contributed by atoms with Crippen LogP contribution in [0, 0.1) is 0 Å². The number of benzene rings is 2. The van der Waals surface area contributed by atoms with Gasteiger partial charge in [0.15, 0.2) is 0 Å².